The zero-order valence-corrected chi connectivity index (χ0v) is 23.9. The molecular weight excluding hydrogens is 538 g/mol. The molecule has 0 N–H and O–H groups in total. The van der Waals surface area contributed by atoms with E-state index in [9.17, 15) is 0 Å². The number of para-hydroxylation sites is 4. The molecule has 9 rings (SSSR count). The molecule has 3 aromatic heterocycles. The molecule has 44 heavy (non-hydrogen) atoms. The first-order valence-electron chi connectivity index (χ1n) is 15.1. The molecule has 0 radical (unpaired) electrons. The normalized spacial score (nSPS) is 12.7. The zero-order valence-electron chi connectivity index (χ0n) is 23.9. The van der Waals surface area contributed by atoms with Crippen LogP contribution in [-0.2, 0) is 6.42 Å². The highest BCUT2D eigenvalue weighted by molar-refractivity contribution is 6.13. The molecule has 0 bridgehead atoms. The lowest BCUT2D eigenvalue weighted by molar-refractivity contribution is 0.546. The van der Waals surface area contributed by atoms with Gasteiger partial charge in [0.05, 0.1) is 16.6 Å². The number of benzene rings is 5. The average Bonchev–Trinajstić information content (AvgIpc) is 3.68. The molecule has 0 saturated carbocycles. The van der Waals surface area contributed by atoms with Crippen LogP contribution in [0.3, 0.4) is 0 Å². The second-order valence-electron chi connectivity index (χ2n) is 11.3. The summed E-state index contributed by atoms with van der Waals surface area (Å²) in [6.45, 7) is 0. The fourth-order valence-electron chi connectivity index (χ4n) is 6.57. The van der Waals surface area contributed by atoms with E-state index in [2.05, 4.69) is 132 Å². The van der Waals surface area contributed by atoms with Crippen LogP contribution in [0.1, 0.15) is 17.7 Å². The van der Waals surface area contributed by atoms with E-state index in [0.717, 1.165) is 91.0 Å². The molecule has 0 atom stereocenters. The van der Waals surface area contributed by atoms with Crippen molar-refractivity contribution in [2.75, 3.05) is 0 Å². The number of hydrogen-bond donors (Lipinski definition) is 0. The van der Waals surface area contributed by atoms with Gasteiger partial charge in [-0.2, -0.15) is 0 Å². The lowest BCUT2D eigenvalue weighted by atomic mass is 9.97. The Labute approximate surface area is 254 Å². The maximum atomic E-state index is 6.54. The largest absolute Gasteiger partial charge is 0.458 e. The second kappa shape index (κ2) is 9.92. The molecule has 208 valence electrons. The van der Waals surface area contributed by atoms with Crippen molar-refractivity contribution < 1.29 is 4.42 Å². The van der Waals surface area contributed by atoms with Crippen LogP contribution < -0.4 is 0 Å². The molecule has 1 aliphatic rings. The summed E-state index contributed by atoms with van der Waals surface area (Å²) in [6.07, 6.45) is 6.37. The van der Waals surface area contributed by atoms with Crippen molar-refractivity contribution in [1.82, 2.24) is 14.5 Å². The van der Waals surface area contributed by atoms with Crippen molar-refractivity contribution in [2.45, 2.75) is 12.8 Å². The minimum absolute atomic E-state index is 0.868. The van der Waals surface area contributed by atoms with Gasteiger partial charge in [-0.05, 0) is 53.9 Å². The highest BCUT2D eigenvalue weighted by Gasteiger charge is 2.22. The van der Waals surface area contributed by atoms with Crippen molar-refractivity contribution in [3.63, 3.8) is 0 Å². The molecule has 4 heteroatoms. The molecule has 0 amide bonds. The lowest BCUT2D eigenvalue weighted by Crippen LogP contribution is -1.97. The van der Waals surface area contributed by atoms with Crippen LogP contribution >= 0.6 is 0 Å². The molecule has 8 aromatic rings. The first kappa shape index (κ1) is 24.8. The van der Waals surface area contributed by atoms with Crippen molar-refractivity contribution in [3.8, 4) is 39.5 Å². The summed E-state index contributed by atoms with van der Waals surface area (Å²) < 4.78 is 8.78. The van der Waals surface area contributed by atoms with Crippen LogP contribution in [0.2, 0.25) is 0 Å². The SMILES string of the molecule is C1=Cc2c(oc3c(-c4cccc(-c5ccc(-c6nc7ccccc7n6-c6ccccc6)cc5)c4)nc4ccccc4c23)CC1. The van der Waals surface area contributed by atoms with Gasteiger partial charge in [0, 0.05) is 39.6 Å². The fourth-order valence-corrected chi connectivity index (χ4v) is 6.57. The molecule has 0 fully saturated rings. The van der Waals surface area contributed by atoms with Gasteiger partial charge in [-0.3, -0.25) is 4.57 Å². The molecule has 5 aromatic carbocycles. The van der Waals surface area contributed by atoms with E-state index in [-0.39, 0.29) is 0 Å². The second-order valence-corrected chi connectivity index (χ2v) is 11.3. The third-order valence-corrected chi connectivity index (χ3v) is 8.65. The van der Waals surface area contributed by atoms with Gasteiger partial charge in [-0.25, -0.2) is 9.97 Å². The maximum Gasteiger partial charge on any atom is 0.161 e. The fraction of sp³-hybridized carbons (Fsp3) is 0.0500. The molecule has 0 aliphatic heterocycles. The quantitative estimate of drug-likeness (QED) is 0.213. The minimum atomic E-state index is 0.868. The Balaban J connectivity index is 1.15. The van der Waals surface area contributed by atoms with E-state index in [1.165, 1.54) is 5.56 Å². The van der Waals surface area contributed by atoms with Crippen LogP contribution in [-0.4, -0.2) is 14.5 Å². The van der Waals surface area contributed by atoms with Gasteiger partial charge < -0.3 is 4.42 Å². The van der Waals surface area contributed by atoms with Gasteiger partial charge in [0.1, 0.15) is 17.3 Å². The number of pyridine rings is 1. The van der Waals surface area contributed by atoms with Crippen LogP contribution in [0.15, 0.2) is 138 Å². The van der Waals surface area contributed by atoms with Crippen molar-refractivity contribution in [1.29, 1.82) is 0 Å². The van der Waals surface area contributed by atoms with E-state index in [4.69, 9.17) is 14.4 Å². The first-order valence-corrected chi connectivity index (χ1v) is 15.1. The van der Waals surface area contributed by atoms with Crippen LogP contribution in [0.4, 0.5) is 0 Å². The molecule has 1 aliphatic carbocycles. The molecule has 0 unspecified atom stereocenters. The molecule has 4 nitrogen and oxygen atoms in total. The smallest absolute Gasteiger partial charge is 0.161 e. The monoisotopic (exact) mass is 565 g/mol. The Morgan fingerprint density at radius 3 is 2.25 bits per heavy atom. The van der Waals surface area contributed by atoms with Crippen molar-refractivity contribution >= 4 is 39.0 Å². The highest BCUT2D eigenvalue weighted by Crippen LogP contribution is 2.41. The number of allylic oxidation sites excluding steroid dienone is 1. The number of nitrogens with zero attached hydrogens (tertiary/aromatic N) is 3. The summed E-state index contributed by atoms with van der Waals surface area (Å²) >= 11 is 0. The predicted molar refractivity (Wildman–Crippen MR) is 180 cm³/mol. The van der Waals surface area contributed by atoms with E-state index in [1.54, 1.807) is 0 Å². The average molecular weight is 566 g/mol. The number of imidazole rings is 1. The van der Waals surface area contributed by atoms with Crippen LogP contribution in [0.25, 0.3) is 78.4 Å². The van der Waals surface area contributed by atoms with Crippen molar-refractivity contribution in [2.24, 2.45) is 0 Å². The minimum Gasteiger partial charge on any atom is -0.458 e. The number of rotatable bonds is 4. The van der Waals surface area contributed by atoms with Gasteiger partial charge >= 0.3 is 0 Å². The van der Waals surface area contributed by atoms with Gasteiger partial charge in [-0.15, -0.1) is 0 Å². The number of aromatic nitrogens is 3. The molecule has 0 spiro atoms. The standard InChI is InChI=1S/C40H27N3O/c1-2-13-30(14-3-1)43-35-19-8-7-18-34(35)42-40(43)27-23-21-26(22-24-27)28-11-10-12-29(25-28)38-39-37(31-15-4-6-17-33(31)41-38)32-16-5-9-20-36(32)44-39/h1-8,10-19,21-25H,9,20H2. The van der Waals surface area contributed by atoms with Gasteiger partial charge in [-0.1, -0.05) is 103 Å². The van der Waals surface area contributed by atoms with E-state index in [1.807, 2.05) is 12.1 Å². The van der Waals surface area contributed by atoms with Crippen LogP contribution in [0, 0.1) is 0 Å². The lowest BCUT2D eigenvalue weighted by Gasteiger charge is -2.11. The molecular formula is C40H27N3O. The van der Waals surface area contributed by atoms with Crippen LogP contribution in [0.5, 0.6) is 0 Å². The summed E-state index contributed by atoms with van der Waals surface area (Å²) in [4.78, 5) is 10.2. The van der Waals surface area contributed by atoms with Gasteiger partial charge in [0.15, 0.2) is 5.58 Å². The van der Waals surface area contributed by atoms with Crippen molar-refractivity contribution in [3.05, 3.63) is 145 Å². The van der Waals surface area contributed by atoms with E-state index in [0.29, 0.717) is 0 Å². The van der Waals surface area contributed by atoms with Gasteiger partial charge in [0.2, 0.25) is 0 Å². The Morgan fingerprint density at radius 1 is 0.614 bits per heavy atom. The first-order chi connectivity index (χ1) is 21.8. The Kier molecular flexibility index (Phi) is 5.60. The number of hydrogen-bond acceptors (Lipinski definition) is 3. The van der Waals surface area contributed by atoms with Gasteiger partial charge in [0.25, 0.3) is 0 Å². The maximum absolute atomic E-state index is 6.54. The zero-order chi connectivity index (χ0) is 29.0. The summed E-state index contributed by atoms with van der Waals surface area (Å²) in [5, 5.41) is 2.30. The Bertz CT molecular complexity index is 2380. The van der Waals surface area contributed by atoms with E-state index >= 15 is 0 Å². The number of furan rings is 1. The predicted octanol–water partition coefficient (Wildman–Crippen LogP) is 10.3. The topological polar surface area (TPSA) is 43.9 Å². The third-order valence-electron chi connectivity index (χ3n) is 8.65. The summed E-state index contributed by atoms with van der Waals surface area (Å²) in [5.41, 5.74) is 11.5. The molecule has 3 heterocycles. The summed E-state index contributed by atoms with van der Waals surface area (Å²) in [7, 11) is 0. The van der Waals surface area contributed by atoms with E-state index < -0.39 is 0 Å². The Hall–Kier alpha value is -5.74. The third kappa shape index (κ3) is 3.92. The number of fused-ring (bicyclic) bond motifs is 6. The summed E-state index contributed by atoms with van der Waals surface area (Å²) in [6, 6.07) is 44.4. The molecule has 0 saturated heterocycles. The highest BCUT2D eigenvalue weighted by atomic mass is 16.3. The number of aryl methyl sites for hydroxylation is 1. The Morgan fingerprint density at radius 2 is 1.36 bits per heavy atom. The summed E-state index contributed by atoms with van der Waals surface area (Å²) in [5.74, 6) is 1.98.